The lowest BCUT2D eigenvalue weighted by molar-refractivity contribution is -0.120. The highest BCUT2D eigenvalue weighted by molar-refractivity contribution is 5.93. The van der Waals surface area contributed by atoms with Crippen molar-refractivity contribution in [1.29, 1.82) is 0 Å². The van der Waals surface area contributed by atoms with Crippen molar-refractivity contribution in [3.8, 4) is 5.75 Å². The van der Waals surface area contributed by atoms with Gasteiger partial charge in [0, 0.05) is 37.6 Å². The first-order chi connectivity index (χ1) is 15.1. The van der Waals surface area contributed by atoms with Gasteiger partial charge >= 0.3 is 0 Å². The molecule has 0 saturated carbocycles. The Morgan fingerprint density at radius 3 is 2.00 bits per heavy atom. The molecule has 2 amide bonds. The number of amides is 2. The number of hydrogen-bond donors (Lipinski definition) is 2. The molecule has 0 atom stereocenters. The van der Waals surface area contributed by atoms with Gasteiger partial charge in [0.05, 0.1) is 19.7 Å². The third-order valence-corrected chi connectivity index (χ3v) is 5.32. The van der Waals surface area contributed by atoms with Gasteiger partial charge in [-0.1, -0.05) is 25.1 Å². The van der Waals surface area contributed by atoms with Crippen molar-refractivity contribution in [3.63, 3.8) is 0 Å². The predicted molar refractivity (Wildman–Crippen MR) is 124 cm³/mol. The molecule has 1 heterocycles. The maximum atomic E-state index is 12.4. The van der Waals surface area contributed by atoms with Crippen molar-refractivity contribution in [3.05, 3.63) is 54.1 Å². The lowest BCUT2D eigenvalue weighted by atomic mass is 10.1. The van der Waals surface area contributed by atoms with Crippen LogP contribution in [0.25, 0.3) is 0 Å². The van der Waals surface area contributed by atoms with Gasteiger partial charge in [-0.05, 0) is 49.2 Å². The molecule has 0 bridgehead atoms. The minimum atomic E-state index is -0.0356. The maximum Gasteiger partial charge on any atom is 0.238 e. The fourth-order valence-corrected chi connectivity index (χ4v) is 3.65. The van der Waals surface area contributed by atoms with Crippen LogP contribution in [0.3, 0.4) is 0 Å². The number of hydrogen-bond acceptors (Lipinski definition) is 5. The summed E-state index contributed by atoms with van der Waals surface area (Å²) in [5, 5.41) is 5.95. The van der Waals surface area contributed by atoms with Crippen molar-refractivity contribution < 1.29 is 14.3 Å². The largest absolute Gasteiger partial charge is 0.494 e. The van der Waals surface area contributed by atoms with Crippen LogP contribution in [0, 0.1) is 0 Å². The number of carbonyl (C=O) groups excluding carboxylic acids is 2. The Morgan fingerprint density at radius 2 is 1.42 bits per heavy atom. The zero-order valence-corrected chi connectivity index (χ0v) is 18.4. The highest BCUT2D eigenvalue weighted by atomic mass is 16.5. The fourth-order valence-electron chi connectivity index (χ4n) is 3.65. The van der Waals surface area contributed by atoms with Crippen LogP contribution in [0.5, 0.6) is 5.75 Å². The van der Waals surface area contributed by atoms with Crippen molar-refractivity contribution in [2.45, 2.75) is 20.3 Å². The quantitative estimate of drug-likeness (QED) is 0.648. The Bertz CT molecular complexity index is 861. The van der Waals surface area contributed by atoms with Gasteiger partial charge < -0.3 is 15.4 Å². The SMILES string of the molecule is CCOc1ccc(NC(=O)CN2CCN(CC(=O)Nc3ccccc3CC)CC2)cc1. The zero-order valence-electron chi connectivity index (χ0n) is 18.4. The second-order valence-corrected chi connectivity index (χ2v) is 7.62. The molecule has 166 valence electrons. The first-order valence-electron chi connectivity index (χ1n) is 10.9. The molecule has 1 saturated heterocycles. The number of rotatable bonds is 9. The van der Waals surface area contributed by atoms with Gasteiger partial charge in [0.25, 0.3) is 0 Å². The monoisotopic (exact) mass is 424 g/mol. The molecule has 0 radical (unpaired) electrons. The standard InChI is InChI=1S/C24H32N4O3/c1-3-19-7-5-6-8-22(19)26-24(30)18-28-15-13-27(14-16-28)17-23(29)25-20-9-11-21(12-10-20)31-4-2/h5-12H,3-4,13-18H2,1-2H3,(H,25,29)(H,26,30). The first-order valence-corrected chi connectivity index (χ1v) is 10.9. The second kappa shape index (κ2) is 11.5. The summed E-state index contributed by atoms with van der Waals surface area (Å²) in [5.74, 6) is 0.757. The third kappa shape index (κ3) is 7.08. The number of anilines is 2. The summed E-state index contributed by atoms with van der Waals surface area (Å²) in [7, 11) is 0. The molecular formula is C24H32N4O3. The van der Waals surface area contributed by atoms with Crippen LogP contribution in [0.4, 0.5) is 11.4 Å². The number of carbonyl (C=O) groups is 2. The van der Waals surface area contributed by atoms with E-state index in [1.54, 1.807) is 0 Å². The summed E-state index contributed by atoms with van der Waals surface area (Å²) in [4.78, 5) is 29.0. The van der Waals surface area contributed by atoms with E-state index in [9.17, 15) is 9.59 Å². The molecule has 2 aromatic carbocycles. The fraction of sp³-hybridized carbons (Fsp3) is 0.417. The van der Waals surface area contributed by atoms with Crippen LogP contribution in [0.2, 0.25) is 0 Å². The van der Waals surface area contributed by atoms with Crippen LogP contribution in [0.1, 0.15) is 19.4 Å². The van der Waals surface area contributed by atoms with Crippen LogP contribution in [0.15, 0.2) is 48.5 Å². The summed E-state index contributed by atoms with van der Waals surface area (Å²) in [6, 6.07) is 15.3. The van der Waals surface area contributed by atoms with E-state index in [4.69, 9.17) is 4.74 Å². The van der Waals surface area contributed by atoms with Gasteiger partial charge in [0.1, 0.15) is 5.75 Å². The number of benzene rings is 2. The maximum absolute atomic E-state index is 12.4. The Hall–Kier alpha value is -2.90. The molecule has 1 aliphatic rings. The van der Waals surface area contributed by atoms with Crippen LogP contribution in [-0.2, 0) is 16.0 Å². The van der Waals surface area contributed by atoms with Gasteiger partial charge in [-0.15, -0.1) is 0 Å². The summed E-state index contributed by atoms with van der Waals surface area (Å²) < 4.78 is 5.42. The van der Waals surface area contributed by atoms with Crippen LogP contribution < -0.4 is 15.4 Å². The molecule has 0 aromatic heterocycles. The second-order valence-electron chi connectivity index (χ2n) is 7.62. The minimum absolute atomic E-state index is 0.00240. The van der Waals surface area contributed by atoms with Crippen molar-refractivity contribution in [2.24, 2.45) is 0 Å². The minimum Gasteiger partial charge on any atom is -0.494 e. The first kappa shape index (κ1) is 22.8. The molecule has 2 aromatic rings. The number of nitrogens with zero attached hydrogens (tertiary/aromatic N) is 2. The van der Waals surface area contributed by atoms with E-state index in [-0.39, 0.29) is 11.8 Å². The average Bonchev–Trinajstić information content (AvgIpc) is 2.77. The summed E-state index contributed by atoms with van der Waals surface area (Å²) in [6.45, 7) is 8.39. The molecule has 0 unspecified atom stereocenters. The predicted octanol–water partition coefficient (Wildman–Crippen LogP) is 2.84. The molecule has 0 aliphatic carbocycles. The number of para-hydroxylation sites is 1. The number of ether oxygens (including phenoxy) is 1. The van der Waals surface area contributed by atoms with Crippen LogP contribution >= 0.6 is 0 Å². The lowest BCUT2D eigenvalue weighted by Crippen LogP contribution is -2.50. The van der Waals surface area contributed by atoms with E-state index in [0.29, 0.717) is 19.7 Å². The normalized spacial score (nSPS) is 14.8. The van der Waals surface area contributed by atoms with E-state index in [1.165, 1.54) is 0 Å². The van der Waals surface area contributed by atoms with E-state index in [1.807, 2.05) is 55.5 Å². The van der Waals surface area contributed by atoms with Gasteiger partial charge in [0.2, 0.25) is 11.8 Å². The van der Waals surface area contributed by atoms with E-state index >= 15 is 0 Å². The van der Waals surface area contributed by atoms with Gasteiger partial charge in [0.15, 0.2) is 0 Å². The Labute approximate surface area is 184 Å². The van der Waals surface area contributed by atoms with E-state index < -0.39 is 0 Å². The molecule has 2 N–H and O–H groups in total. The van der Waals surface area contributed by atoms with Gasteiger partial charge in [-0.3, -0.25) is 19.4 Å². The molecule has 0 spiro atoms. The summed E-state index contributed by atoms with van der Waals surface area (Å²) in [5.41, 5.74) is 2.79. The molecule has 1 aliphatic heterocycles. The molecule has 1 fully saturated rings. The molecular weight excluding hydrogens is 392 g/mol. The highest BCUT2D eigenvalue weighted by Gasteiger charge is 2.21. The zero-order chi connectivity index (χ0) is 22.1. The Morgan fingerprint density at radius 1 is 0.839 bits per heavy atom. The molecule has 3 rings (SSSR count). The van der Waals surface area contributed by atoms with Crippen molar-refractivity contribution >= 4 is 23.2 Å². The Kier molecular flexibility index (Phi) is 8.44. The summed E-state index contributed by atoms with van der Waals surface area (Å²) >= 11 is 0. The highest BCUT2D eigenvalue weighted by Crippen LogP contribution is 2.16. The smallest absolute Gasteiger partial charge is 0.238 e. The number of aryl methyl sites for hydroxylation is 1. The van der Waals surface area contributed by atoms with Crippen molar-refractivity contribution in [1.82, 2.24) is 9.80 Å². The molecule has 7 heteroatoms. The lowest BCUT2D eigenvalue weighted by Gasteiger charge is -2.33. The average molecular weight is 425 g/mol. The number of nitrogens with one attached hydrogen (secondary N) is 2. The van der Waals surface area contributed by atoms with Gasteiger partial charge in [-0.25, -0.2) is 0 Å². The third-order valence-electron chi connectivity index (χ3n) is 5.32. The van der Waals surface area contributed by atoms with E-state index in [0.717, 1.165) is 55.3 Å². The molecule has 7 nitrogen and oxygen atoms in total. The Balaban J connectivity index is 1.39. The summed E-state index contributed by atoms with van der Waals surface area (Å²) in [6.07, 6.45) is 0.883. The van der Waals surface area contributed by atoms with Crippen molar-refractivity contribution in [2.75, 3.05) is 56.5 Å². The van der Waals surface area contributed by atoms with E-state index in [2.05, 4.69) is 27.4 Å². The topological polar surface area (TPSA) is 73.9 Å². The van der Waals surface area contributed by atoms with Crippen LogP contribution in [-0.4, -0.2) is 67.5 Å². The molecule has 31 heavy (non-hydrogen) atoms. The van der Waals surface area contributed by atoms with Gasteiger partial charge in [-0.2, -0.15) is 0 Å². The number of piperazine rings is 1.